The minimum atomic E-state index is -0.950. The number of ether oxygens (including phenoxy) is 1. The maximum atomic E-state index is 11.6. The Labute approximate surface area is 155 Å². The average molecular weight is 368 g/mol. The molecule has 140 valence electrons. The second kappa shape index (κ2) is 8.22. The lowest BCUT2D eigenvalue weighted by Crippen LogP contribution is -2.31. The topological polar surface area (TPSA) is 116 Å². The summed E-state index contributed by atoms with van der Waals surface area (Å²) in [4.78, 5) is 22.8. The molecule has 3 rings (SSSR count). The Morgan fingerprint density at radius 2 is 1.96 bits per heavy atom. The lowest BCUT2D eigenvalue weighted by molar-refractivity contribution is -0.137. The zero-order valence-corrected chi connectivity index (χ0v) is 14.7. The predicted molar refractivity (Wildman–Crippen MR) is 101 cm³/mol. The number of fused-ring (bicyclic) bond motifs is 1. The molecule has 0 radical (unpaired) electrons. The van der Waals surface area contributed by atoms with E-state index in [-0.39, 0.29) is 0 Å². The second-order valence-electron chi connectivity index (χ2n) is 6.02. The van der Waals surface area contributed by atoms with Gasteiger partial charge in [0.2, 0.25) is 0 Å². The van der Waals surface area contributed by atoms with Crippen molar-refractivity contribution >= 4 is 28.8 Å². The van der Waals surface area contributed by atoms with Gasteiger partial charge < -0.3 is 20.5 Å². The number of carbonyl (C=O) groups is 2. The standard InChI is InChI=1S/C19H20N4O4/c1-27-19(26)20-11-13-7-8-14-15(10-13)22-23-17(14)21-16(18(24)25)9-12-5-3-2-4-6-12/h2-8,10,16H,9,11H2,1H3,(H,20,26)(H,24,25)(H2,21,22,23)/t16-/m0/s1. The van der Waals surface area contributed by atoms with Crippen molar-refractivity contribution in [3.05, 3.63) is 59.7 Å². The number of nitrogens with one attached hydrogen (secondary N) is 3. The van der Waals surface area contributed by atoms with Gasteiger partial charge in [0.15, 0.2) is 5.82 Å². The predicted octanol–water partition coefficient (Wildman–Crippen LogP) is 2.53. The lowest BCUT2D eigenvalue weighted by atomic mass is 10.1. The highest BCUT2D eigenvalue weighted by molar-refractivity contribution is 5.92. The number of carbonyl (C=O) groups excluding carboxylic acids is 1. The molecule has 27 heavy (non-hydrogen) atoms. The van der Waals surface area contributed by atoms with E-state index in [4.69, 9.17) is 0 Å². The Morgan fingerprint density at radius 1 is 1.19 bits per heavy atom. The highest BCUT2D eigenvalue weighted by Gasteiger charge is 2.20. The monoisotopic (exact) mass is 368 g/mol. The number of alkyl carbamates (subject to hydrolysis) is 1. The van der Waals surface area contributed by atoms with E-state index < -0.39 is 18.1 Å². The molecule has 1 atom stereocenters. The number of H-pyrrole nitrogens is 1. The van der Waals surface area contributed by atoms with Crippen LogP contribution in [0.2, 0.25) is 0 Å². The number of carboxylic acid groups (broad SMARTS) is 1. The van der Waals surface area contributed by atoms with Crippen LogP contribution in [0.15, 0.2) is 48.5 Å². The van der Waals surface area contributed by atoms with Crippen molar-refractivity contribution in [2.75, 3.05) is 12.4 Å². The number of aliphatic carboxylic acids is 1. The van der Waals surface area contributed by atoms with Crippen LogP contribution in [-0.2, 0) is 22.5 Å². The van der Waals surface area contributed by atoms with Crippen molar-refractivity contribution in [2.45, 2.75) is 19.0 Å². The normalized spacial score (nSPS) is 11.7. The molecule has 0 aliphatic rings. The number of benzene rings is 2. The van der Waals surface area contributed by atoms with Crippen molar-refractivity contribution in [3.8, 4) is 0 Å². The summed E-state index contributed by atoms with van der Waals surface area (Å²) < 4.78 is 4.54. The van der Waals surface area contributed by atoms with Crippen molar-refractivity contribution in [3.63, 3.8) is 0 Å². The quantitative estimate of drug-likeness (QED) is 0.509. The molecule has 1 heterocycles. The third kappa shape index (κ3) is 4.55. The first kappa shape index (κ1) is 18.2. The zero-order valence-electron chi connectivity index (χ0n) is 14.7. The summed E-state index contributed by atoms with van der Waals surface area (Å²) in [6.45, 7) is 0.316. The van der Waals surface area contributed by atoms with Crippen LogP contribution in [0.5, 0.6) is 0 Å². The number of aromatic nitrogens is 2. The van der Waals surface area contributed by atoms with Gasteiger partial charge in [-0.2, -0.15) is 5.10 Å². The van der Waals surface area contributed by atoms with Gasteiger partial charge in [0.1, 0.15) is 6.04 Å². The van der Waals surface area contributed by atoms with Gasteiger partial charge in [-0.1, -0.05) is 36.4 Å². The van der Waals surface area contributed by atoms with Gasteiger partial charge in [-0.25, -0.2) is 9.59 Å². The van der Waals surface area contributed by atoms with E-state index in [1.54, 1.807) is 0 Å². The molecule has 0 fully saturated rings. The molecule has 0 aliphatic heterocycles. The number of carboxylic acids is 1. The van der Waals surface area contributed by atoms with Crippen LogP contribution in [-0.4, -0.2) is 40.5 Å². The van der Waals surface area contributed by atoms with E-state index in [9.17, 15) is 14.7 Å². The number of amides is 1. The van der Waals surface area contributed by atoms with Gasteiger partial charge in [-0.3, -0.25) is 5.10 Å². The molecule has 8 heteroatoms. The number of nitrogens with zero attached hydrogens (tertiary/aromatic N) is 1. The van der Waals surface area contributed by atoms with E-state index in [0.29, 0.717) is 18.8 Å². The third-order valence-electron chi connectivity index (χ3n) is 4.14. The smallest absolute Gasteiger partial charge is 0.407 e. The van der Waals surface area contributed by atoms with Crippen molar-refractivity contribution < 1.29 is 19.4 Å². The van der Waals surface area contributed by atoms with Crippen molar-refractivity contribution in [2.24, 2.45) is 0 Å². The maximum Gasteiger partial charge on any atom is 0.407 e. The summed E-state index contributed by atoms with van der Waals surface area (Å²) in [5.74, 6) is -0.477. The molecule has 0 saturated heterocycles. The minimum absolute atomic E-state index is 0.316. The third-order valence-corrected chi connectivity index (χ3v) is 4.14. The van der Waals surface area contributed by atoms with E-state index in [2.05, 4.69) is 25.6 Å². The minimum Gasteiger partial charge on any atom is -0.480 e. The largest absolute Gasteiger partial charge is 0.480 e. The maximum absolute atomic E-state index is 11.6. The molecule has 3 aromatic rings. The van der Waals surface area contributed by atoms with Crippen molar-refractivity contribution in [1.29, 1.82) is 0 Å². The zero-order chi connectivity index (χ0) is 19.2. The van der Waals surface area contributed by atoms with Gasteiger partial charge in [0, 0.05) is 18.4 Å². The highest BCUT2D eigenvalue weighted by Crippen LogP contribution is 2.23. The first-order chi connectivity index (χ1) is 13.1. The molecular formula is C19H20N4O4. The number of hydrogen-bond donors (Lipinski definition) is 4. The fraction of sp³-hybridized carbons (Fsp3) is 0.211. The molecule has 0 saturated carbocycles. The summed E-state index contributed by atoms with van der Waals surface area (Å²) in [6.07, 6.45) is -0.168. The fourth-order valence-electron chi connectivity index (χ4n) is 2.75. The molecule has 0 spiro atoms. The molecule has 4 N–H and O–H groups in total. The number of anilines is 1. The number of methoxy groups -OCH3 is 1. The van der Waals surface area contributed by atoms with Crippen LogP contribution in [0.1, 0.15) is 11.1 Å². The Morgan fingerprint density at radius 3 is 2.67 bits per heavy atom. The Hall–Kier alpha value is -3.55. The van der Waals surface area contributed by atoms with Crippen LogP contribution >= 0.6 is 0 Å². The van der Waals surface area contributed by atoms with Crippen LogP contribution in [0.4, 0.5) is 10.6 Å². The molecule has 1 aromatic heterocycles. The van der Waals surface area contributed by atoms with Gasteiger partial charge in [-0.15, -0.1) is 0 Å². The average Bonchev–Trinajstić information content (AvgIpc) is 3.08. The molecule has 8 nitrogen and oxygen atoms in total. The molecule has 0 bridgehead atoms. The summed E-state index contributed by atoms with van der Waals surface area (Å²) >= 11 is 0. The Balaban J connectivity index is 1.75. The van der Waals surface area contributed by atoms with Crippen LogP contribution in [0, 0.1) is 0 Å². The highest BCUT2D eigenvalue weighted by atomic mass is 16.5. The van der Waals surface area contributed by atoms with Gasteiger partial charge in [0.05, 0.1) is 12.6 Å². The number of hydrogen-bond acceptors (Lipinski definition) is 5. The number of aromatic amines is 1. The first-order valence-electron chi connectivity index (χ1n) is 8.39. The summed E-state index contributed by atoms with van der Waals surface area (Å²) in [6, 6.07) is 14.1. The van der Waals surface area contributed by atoms with E-state index in [1.807, 2.05) is 48.5 Å². The molecule has 0 unspecified atom stereocenters. The summed E-state index contributed by atoms with van der Waals surface area (Å²) in [5.41, 5.74) is 2.53. The Bertz CT molecular complexity index is 939. The van der Waals surface area contributed by atoms with E-state index in [1.165, 1.54) is 7.11 Å². The van der Waals surface area contributed by atoms with E-state index >= 15 is 0 Å². The fourth-order valence-corrected chi connectivity index (χ4v) is 2.75. The lowest BCUT2D eigenvalue weighted by Gasteiger charge is -2.14. The van der Waals surface area contributed by atoms with Crippen LogP contribution < -0.4 is 10.6 Å². The second-order valence-corrected chi connectivity index (χ2v) is 6.02. The molecule has 1 amide bonds. The SMILES string of the molecule is COC(=O)NCc1ccc2c(N[C@@H](Cc3ccccc3)C(=O)O)n[nH]c2c1. The molecular weight excluding hydrogens is 348 g/mol. The summed E-state index contributed by atoms with van der Waals surface area (Å²) in [5, 5.41) is 23.0. The Kier molecular flexibility index (Phi) is 5.55. The molecule has 0 aliphatic carbocycles. The number of rotatable bonds is 7. The van der Waals surface area contributed by atoms with Gasteiger partial charge >= 0.3 is 12.1 Å². The van der Waals surface area contributed by atoms with Gasteiger partial charge in [0.25, 0.3) is 0 Å². The van der Waals surface area contributed by atoms with E-state index in [0.717, 1.165) is 22.0 Å². The van der Waals surface area contributed by atoms with Crippen molar-refractivity contribution in [1.82, 2.24) is 15.5 Å². The van der Waals surface area contributed by atoms with Crippen LogP contribution in [0.3, 0.4) is 0 Å². The van der Waals surface area contributed by atoms with Gasteiger partial charge in [-0.05, 0) is 23.3 Å². The summed E-state index contributed by atoms with van der Waals surface area (Å²) in [7, 11) is 1.31. The molecule has 2 aromatic carbocycles. The van der Waals surface area contributed by atoms with Crippen LogP contribution in [0.25, 0.3) is 10.9 Å². The first-order valence-corrected chi connectivity index (χ1v) is 8.39.